The molecule has 0 spiro atoms. The van der Waals surface area contributed by atoms with Crippen LogP contribution in [0.2, 0.25) is 0 Å². The third kappa shape index (κ3) is 2.69. The second kappa shape index (κ2) is 5.17. The fraction of sp³-hybridized carbons (Fsp3) is 0.182. The van der Waals surface area contributed by atoms with Gasteiger partial charge in [-0.2, -0.15) is 0 Å². The lowest BCUT2D eigenvalue weighted by Gasteiger charge is -2.01. The summed E-state index contributed by atoms with van der Waals surface area (Å²) in [6, 6.07) is 8.90. The van der Waals surface area contributed by atoms with Gasteiger partial charge in [0.05, 0.1) is 7.11 Å². The fourth-order valence-electron chi connectivity index (χ4n) is 1.05. The number of alkyl halides is 1. The summed E-state index contributed by atoms with van der Waals surface area (Å²) in [6.07, 6.45) is 1.16. The van der Waals surface area contributed by atoms with E-state index >= 15 is 0 Å². The Morgan fingerprint density at radius 2 is 2.07 bits per heavy atom. The first kappa shape index (κ1) is 10.4. The monoisotopic (exact) mass is 194 g/mol. The Morgan fingerprint density at radius 3 is 2.57 bits per heavy atom. The van der Waals surface area contributed by atoms with Gasteiger partial charge < -0.3 is 4.74 Å². The number of methoxy groups -OCH3 is 1. The molecular formula is C11H11FO2. The second-order valence-corrected chi connectivity index (χ2v) is 2.69. The van der Waals surface area contributed by atoms with Crippen molar-refractivity contribution in [3.63, 3.8) is 0 Å². The zero-order valence-electron chi connectivity index (χ0n) is 7.87. The van der Waals surface area contributed by atoms with Crippen LogP contribution in [0.25, 0.3) is 5.57 Å². The van der Waals surface area contributed by atoms with Crippen LogP contribution in [0.15, 0.2) is 36.4 Å². The van der Waals surface area contributed by atoms with Crippen molar-refractivity contribution in [3.8, 4) is 0 Å². The third-order valence-corrected chi connectivity index (χ3v) is 1.78. The molecule has 0 amide bonds. The average Bonchev–Trinajstić information content (AvgIpc) is 2.26. The number of allylic oxidation sites excluding steroid dienone is 1. The number of esters is 1. The number of benzene rings is 1. The van der Waals surface area contributed by atoms with Crippen molar-refractivity contribution < 1.29 is 13.9 Å². The molecule has 0 radical (unpaired) electrons. The fourth-order valence-corrected chi connectivity index (χ4v) is 1.05. The molecule has 0 aliphatic rings. The van der Waals surface area contributed by atoms with E-state index in [2.05, 4.69) is 4.74 Å². The molecule has 0 N–H and O–H groups in total. The quantitative estimate of drug-likeness (QED) is 0.544. The number of halogens is 1. The van der Waals surface area contributed by atoms with Crippen LogP contribution in [-0.2, 0) is 9.53 Å². The van der Waals surface area contributed by atoms with Gasteiger partial charge in [0.15, 0.2) is 0 Å². The number of rotatable bonds is 3. The van der Waals surface area contributed by atoms with Crippen molar-refractivity contribution in [1.82, 2.24) is 0 Å². The minimum Gasteiger partial charge on any atom is -0.466 e. The normalized spacial score (nSPS) is 11.1. The van der Waals surface area contributed by atoms with E-state index < -0.39 is 12.6 Å². The van der Waals surface area contributed by atoms with Crippen molar-refractivity contribution >= 4 is 11.5 Å². The molecule has 0 heterocycles. The molecule has 0 aliphatic heterocycles. The van der Waals surface area contributed by atoms with E-state index in [0.29, 0.717) is 11.1 Å². The van der Waals surface area contributed by atoms with Gasteiger partial charge in [0.1, 0.15) is 6.67 Å². The summed E-state index contributed by atoms with van der Waals surface area (Å²) < 4.78 is 17.0. The number of ether oxygens (including phenoxy) is 1. The highest BCUT2D eigenvalue weighted by atomic mass is 19.1. The molecule has 14 heavy (non-hydrogen) atoms. The first-order valence-corrected chi connectivity index (χ1v) is 4.18. The Labute approximate surface area is 82.0 Å². The molecule has 0 aromatic heterocycles. The van der Waals surface area contributed by atoms with Crippen LogP contribution in [-0.4, -0.2) is 19.8 Å². The van der Waals surface area contributed by atoms with Gasteiger partial charge in [0.25, 0.3) is 0 Å². The van der Waals surface area contributed by atoms with Gasteiger partial charge in [0.2, 0.25) is 0 Å². The summed E-state index contributed by atoms with van der Waals surface area (Å²) in [4.78, 5) is 10.9. The standard InChI is InChI=1S/C11H11FO2/c1-14-11(13)7-10(8-12)9-5-3-2-4-6-9/h2-7H,8H2,1H3/b10-7-. The molecule has 1 rings (SSSR count). The van der Waals surface area contributed by atoms with E-state index in [1.54, 1.807) is 24.3 Å². The summed E-state index contributed by atoms with van der Waals surface area (Å²) in [6.45, 7) is -0.681. The Morgan fingerprint density at radius 1 is 1.43 bits per heavy atom. The molecular weight excluding hydrogens is 183 g/mol. The van der Waals surface area contributed by atoms with Gasteiger partial charge in [-0.05, 0) is 11.1 Å². The maximum Gasteiger partial charge on any atom is 0.330 e. The molecule has 0 saturated heterocycles. The van der Waals surface area contributed by atoms with Crippen molar-refractivity contribution in [2.24, 2.45) is 0 Å². The smallest absolute Gasteiger partial charge is 0.330 e. The SMILES string of the molecule is COC(=O)/C=C(/CF)c1ccccc1. The van der Waals surface area contributed by atoms with Gasteiger partial charge in [-0.25, -0.2) is 9.18 Å². The molecule has 0 saturated carbocycles. The first-order chi connectivity index (χ1) is 6.77. The average molecular weight is 194 g/mol. The number of hydrogen-bond donors (Lipinski definition) is 0. The Kier molecular flexibility index (Phi) is 3.85. The number of hydrogen-bond acceptors (Lipinski definition) is 2. The zero-order chi connectivity index (χ0) is 10.4. The summed E-state index contributed by atoms with van der Waals surface area (Å²) in [5.41, 5.74) is 1.03. The lowest BCUT2D eigenvalue weighted by molar-refractivity contribution is -0.134. The molecule has 1 aromatic rings. The van der Waals surface area contributed by atoms with Gasteiger partial charge in [-0.15, -0.1) is 0 Å². The maximum absolute atomic E-state index is 12.6. The number of carbonyl (C=O) groups is 1. The van der Waals surface area contributed by atoms with Crippen LogP contribution in [0.4, 0.5) is 4.39 Å². The highest BCUT2D eigenvalue weighted by Crippen LogP contribution is 2.14. The minimum absolute atomic E-state index is 0.331. The number of carbonyl (C=O) groups excluding carboxylic acids is 1. The third-order valence-electron chi connectivity index (χ3n) is 1.78. The maximum atomic E-state index is 12.6. The zero-order valence-corrected chi connectivity index (χ0v) is 7.87. The van der Waals surface area contributed by atoms with Gasteiger partial charge in [0, 0.05) is 6.08 Å². The van der Waals surface area contributed by atoms with Crippen LogP contribution in [0.3, 0.4) is 0 Å². The predicted octanol–water partition coefficient (Wildman–Crippen LogP) is 2.21. The minimum atomic E-state index is -0.681. The predicted molar refractivity (Wildman–Crippen MR) is 52.4 cm³/mol. The van der Waals surface area contributed by atoms with Crippen LogP contribution in [0.5, 0.6) is 0 Å². The van der Waals surface area contributed by atoms with E-state index in [-0.39, 0.29) is 0 Å². The second-order valence-electron chi connectivity index (χ2n) is 2.69. The van der Waals surface area contributed by atoms with E-state index in [4.69, 9.17) is 0 Å². The summed E-state index contributed by atoms with van der Waals surface area (Å²) in [5, 5.41) is 0. The lowest BCUT2D eigenvalue weighted by atomic mass is 10.1. The highest BCUT2D eigenvalue weighted by molar-refractivity contribution is 5.91. The van der Waals surface area contributed by atoms with E-state index in [9.17, 15) is 9.18 Å². The van der Waals surface area contributed by atoms with E-state index in [0.717, 1.165) is 6.08 Å². The van der Waals surface area contributed by atoms with E-state index in [1.165, 1.54) is 7.11 Å². The van der Waals surface area contributed by atoms with Crippen molar-refractivity contribution in [1.29, 1.82) is 0 Å². The summed E-state index contributed by atoms with van der Waals surface area (Å²) in [5.74, 6) is -0.540. The molecule has 2 nitrogen and oxygen atoms in total. The Bertz CT molecular complexity index is 330. The van der Waals surface area contributed by atoms with Gasteiger partial charge in [-0.1, -0.05) is 30.3 Å². The molecule has 0 aliphatic carbocycles. The largest absolute Gasteiger partial charge is 0.466 e. The van der Waals surface area contributed by atoms with Crippen molar-refractivity contribution in [3.05, 3.63) is 42.0 Å². The summed E-state index contributed by atoms with van der Waals surface area (Å²) in [7, 11) is 1.26. The van der Waals surface area contributed by atoms with Crippen LogP contribution in [0, 0.1) is 0 Å². The molecule has 0 bridgehead atoms. The highest BCUT2D eigenvalue weighted by Gasteiger charge is 2.03. The van der Waals surface area contributed by atoms with Crippen LogP contribution >= 0.6 is 0 Å². The van der Waals surface area contributed by atoms with Gasteiger partial charge >= 0.3 is 5.97 Å². The van der Waals surface area contributed by atoms with E-state index in [1.807, 2.05) is 6.07 Å². The first-order valence-electron chi connectivity index (χ1n) is 4.18. The Balaban J connectivity index is 2.93. The topological polar surface area (TPSA) is 26.3 Å². The van der Waals surface area contributed by atoms with Crippen LogP contribution in [0.1, 0.15) is 5.56 Å². The summed E-state index contributed by atoms with van der Waals surface area (Å²) >= 11 is 0. The Hall–Kier alpha value is -1.64. The lowest BCUT2D eigenvalue weighted by Crippen LogP contribution is -1.98. The molecule has 3 heteroatoms. The molecule has 0 atom stereocenters. The van der Waals surface area contributed by atoms with Crippen molar-refractivity contribution in [2.75, 3.05) is 13.8 Å². The molecule has 0 unspecified atom stereocenters. The van der Waals surface area contributed by atoms with Crippen molar-refractivity contribution in [2.45, 2.75) is 0 Å². The van der Waals surface area contributed by atoms with Gasteiger partial charge in [-0.3, -0.25) is 0 Å². The molecule has 1 aromatic carbocycles. The van der Waals surface area contributed by atoms with Crippen LogP contribution < -0.4 is 0 Å². The molecule has 0 fully saturated rings. The molecule has 74 valence electrons.